The Labute approximate surface area is 196 Å². The zero-order chi connectivity index (χ0) is 22.9. The normalized spacial score (nSPS) is 19.2. The minimum atomic E-state index is -0.352. The zero-order valence-corrected chi connectivity index (χ0v) is 19.2. The van der Waals surface area contributed by atoms with Crippen LogP contribution in [-0.4, -0.2) is 40.5 Å². The minimum absolute atomic E-state index is 0.143. The van der Waals surface area contributed by atoms with Crippen molar-refractivity contribution in [1.29, 1.82) is 0 Å². The molecule has 2 aliphatic rings. The predicted molar refractivity (Wildman–Crippen MR) is 126 cm³/mol. The highest BCUT2D eigenvalue weighted by Crippen LogP contribution is 2.34. The molecule has 2 aliphatic heterocycles. The van der Waals surface area contributed by atoms with Crippen molar-refractivity contribution >= 4 is 23.5 Å². The average molecular weight is 467 g/mol. The van der Waals surface area contributed by atoms with E-state index >= 15 is 0 Å². The van der Waals surface area contributed by atoms with E-state index in [9.17, 15) is 4.39 Å². The van der Waals surface area contributed by atoms with Crippen LogP contribution in [0.25, 0.3) is 11.8 Å². The van der Waals surface area contributed by atoms with Gasteiger partial charge in [-0.2, -0.15) is 0 Å². The Morgan fingerprint density at radius 2 is 2.12 bits per heavy atom. The van der Waals surface area contributed by atoms with Gasteiger partial charge in [-0.05, 0) is 72.9 Å². The van der Waals surface area contributed by atoms with E-state index in [2.05, 4.69) is 21.1 Å². The van der Waals surface area contributed by atoms with Gasteiger partial charge in [-0.25, -0.2) is 9.37 Å². The van der Waals surface area contributed by atoms with E-state index in [1.54, 1.807) is 19.5 Å². The van der Waals surface area contributed by atoms with Crippen molar-refractivity contribution in [2.45, 2.75) is 25.8 Å². The molecule has 6 nitrogen and oxygen atoms in total. The Bertz CT molecular complexity index is 1230. The zero-order valence-electron chi connectivity index (χ0n) is 18.5. The van der Waals surface area contributed by atoms with Gasteiger partial charge in [0.05, 0.1) is 30.9 Å². The highest BCUT2D eigenvalue weighted by molar-refractivity contribution is 6.30. The van der Waals surface area contributed by atoms with Crippen molar-refractivity contribution in [2.24, 2.45) is 5.16 Å². The van der Waals surface area contributed by atoms with Crippen LogP contribution in [0.3, 0.4) is 0 Å². The molecule has 0 saturated carbocycles. The Morgan fingerprint density at radius 1 is 1.24 bits per heavy atom. The molecule has 1 aromatic heterocycles. The summed E-state index contributed by atoms with van der Waals surface area (Å²) < 4.78 is 21.6. The number of piperidine rings is 1. The molecule has 3 aromatic rings. The van der Waals surface area contributed by atoms with E-state index in [0.29, 0.717) is 11.6 Å². The fraction of sp³-hybridized carbons (Fsp3) is 0.280. The topological polar surface area (TPSA) is 51.9 Å². The number of oxime groups is 1. The smallest absolute Gasteiger partial charge is 0.172 e. The number of rotatable bonds is 4. The first-order valence-corrected chi connectivity index (χ1v) is 11.2. The molecular formula is C25H24ClFN4O2. The number of amidine groups is 1. The summed E-state index contributed by atoms with van der Waals surface area (Å²) >= 11 is 6.11. The lowest BCUT2D eigenvalue weighted by Crippen LogP contribution is -2.44. The lowest BCUT2D eigenvalue weighted by Gasteiger charge is -2.40. The van der Waals surface area contributed by atoms with Crippen molar-refractivity contribution in [3.63, 3.8) is 0 Å². The summed E-state index contributed by atoms with van der Waals surface area (Å²) in [6, 6.07) is 10.5. The molecule has 0 unspecified atom stereocenters. The Balaban J connectivity index is 1.46. The molecule has 3 heterocycles. The average Bonchev–Trinajstić information content (AvgIpc) is 3.24. The first kappa shape index (κ1) is 21.5. The van der Waals surface area contributed by atoms with E-state index in [1.165, 1.54) is 12.1 Å². The number of benzene rings is 2. The standard InChI is InChI=1S/C25H24ClFN4O2/c1-16-13-30(15-28-16)22-6-5-17(9-24(22)32-2)8-18-4-3-7-31-23(14-33-29-25(18)31)19-10-20(26)12-21(27)11-19/h5-6,8-13,15,23H,3-4,7,14H2,1-2H3/b18-8+/t23-/m0/s1. The molecule has 170 valence electrons. The minimum Gasteiger partial charge on any atom is -0.495 e. The first-order valence-electron chi connectivity index (χ1n) is 10.8. The number of fused-ring (bicyclic) bond motifs is 1. The van der Waals surface area contributed by atoms with Crippen LogP contribution in [-0.2, 0) is 4.84 Å². The summed E-state index contributed by atoms with van der Waals surface area (Å²) in [6.07, 6.45) is 7.69. The predicted octanol–water partition coefficient (Wildman–Crippen LogP) is 5.55. The van der Waals surface area contributed by atoms with Crippen LogP contribution in [0.2, 0.25) is 5.02 Å². The van der Waals surface area contributed by atoms with Crippen molar-refractivity contribution in [3.8, 4) is 11.4 Å². The summed E-state index contributed by atoms with van der Waals surface area (Å²) in [6.45, 7) is 3.12. The molecule has 0 radical (unpaired) electrons. The van der Waals surface area contributed by atoms with Gasteiger partial charge >= 0.3 is 0 Å². The number of aryl methyl sites for hydroxylation is 1. The van der Waals surface area contributed by atoms with Crippen molar-refractivity contribution in [1.82, 2.24) is 14.5 Å². The Kier molecular flexibility index (Phi) is 5.81. The summed E-state index contributed by atoms with van der Waals surface area (Å²) in [5, 5.41) is 4.74. The molecule has 8 heteroatoms. The van der Waals surface area contributed by atoms with Crippen LogP contribution >= 0.6 is 11.6 Å². The van der Waals surface area contributed by atoms with Crippen LogP contribution in [0.15, 0.2) is 59.7 Å². The largest absolute Gasteiger partial charge is 0.495 e. The second-order valence-corrected chi connectivity index (χ2v) is 8.69. The molecule has 5 rings (SSSR count). The molecule has 0 spiro atoms. The SMILES string of the molecule is COc1cc(/C=C2\CCCN3C2=NOC[C@H]3c2cc(F)cc(Cl)c2)ccc1-n1cnc(C)c1. The van der Waals surface area contributed by atoms with Gasteiger partial charge in [-0.3, -0.25) is 0 Å². The van der Waals surface area contributed by atoms with Gasteiger partial charge < -0.3 is 19.0 Å². The van der Waals surface area contributed by atoms with Crippen molar-refractivity contribution in [2.75, 3.05) is 20.3 Å². The number of methoxy groups -OCH3 is 1. The van der Waals surface area contributed by atoms with E-state index < -0.39 is 0 Å². The summed E-state index contributed by atoms with van der Waals surface area (Å²) in [5.41, 5.74) is 4.72. The summed E-state index contributed by atoms with van der Waals surface area (Å²) in [7, 11) is 1.66. The van der Waals surface area contributed by atoms with Crippen LogP contribution in [0.4, 0.5) is 4.39 Å². The van der Waals surface area contributed by atoms with Crippen molar-refractivity contribution < 1.29 is 14.0 Å². The second kappa shape index (κ2) is 8.90. The number of hydrogen-bond donors (Lipinski definition) is 0. The molecule has 33 heavy (non-hydrogen) atoms. The van der Waals surface area contributed by atoms with E-state index in [0.717, 1.165) is 59.1 Å². The van der Waals surface area contributed by atoms with Gasteiger partial charge in [0, 0.05) is 17.8 Å². The molecule has 0 amide bonds. The van der Waals surface area contributed by atoms with Crippen LogP contribution in [0.5, 0.6) is 5.75 Å². The third-order valence-corrected chi connectivity index (χ3v) is 6.19. The number of imidazole rings is 1. The molecule has 1 fully saturated rings. The summed E-state index contributed by atoms with van der Waals surface area (Å²) in [5.74, 6) is 1.18. The molecule has 0 bridgehead atoms. The third-order valence-electron chi connectivity index (χ3n) is 5.97. The third kappa shape index (κ3) is 4.33. The van der Waals surface area contributed by atoms with Gasteiger partial charge in [0.2, 0.25) is 0 Å². The van der Waals surface area contributed by atoms with E-state index in [-0.39, 0.29) is 11.9 Å². The highest BCUT2D eigenvalue weighted by atomic mass is 35.5. The monoisotopic (exact) mass is 466 g/mol. The molecular weight excluding hydrogens is 443 g/mol. The van der Waals surface area contributed by atoms with E-state index in [4.69, 9.17) is 21.2 Å². The Hall–Kier alpha value is -3.32. The maximum atomic E-state index is 14.0. The number of hydrogen-bond acceptors (Lipinski definition) is 5. The molecule has 0 aliphatic carbocycles. The number of nitrogens with zero attached hydrogens (tertiary/aromatic N) is 4. The Morgan fingerprint density at radius 3 is 2.88 bits per heavy atom. The first-order chi connectivity index (χ1) is 16.0. The van der Waals surface area contributed by atoms with Crippen LogP contribution < -0.4 is 4.74 Å². The molecule has 0 N–H and O–H groups in total. The lowest BCUT2D eigenvalue weighted by molar-refractivity contribution is 0.0574. The number of halogens is 2. The van der Waals surface area contributed by atoms with Gasteiger partial charge in [0.15, 0.2) is 5.84 Å². The fourth-order valence-corrected chi connectivity index (χ4v) is 4.68. The maximum absolute atomic E-state index is 14.0. The number of aromatic nitrogens is 2. The summed E-state index contributed by atoms with van der Waals surface area (Å²) in [4.78, 5) is 12.1. The second-order valence-electron chi connectivity index (χ2n) is 8.25. The van der Waals surface area contributed by atoms with Gasteiger partial charge in [0.1, 0.15) is 18.2 Å². The van der Waals surface area contributed by atoms with Crippen molar-refractivity contribution in [3.05, 3.63) is 82.2 Å². The van der Waals surface area contributed by atoms with Gasteiger partial charge in [-0.15, -0.1) is 0 Å². The maximum Gasteiger partial charge on any atom is 0.172 e. The van der Waals surface area contributed by atoms with Gasteiger partial charge in [-0.1, -0.05) is 22.8 Å². The molecule has 1 atom stereocenters. The number of ether oxygens (including phenoxy) is 1. The lowest BCUT2D eigenvalue weighted by atomic mass is 9.96. The van der Waals surface area contributed by atoms with Crippen LogP contribution in [0, 0.1) is 12.7 Å². The molecule has 1 saturated heterocycles. The highest BCUT2D eigenvalue weighted by Gasteiger charge is 2.33. The molecule has 2 aromatic carbocycles. The fourth-order valence-electron chi connectivity index (χ4n) is 4.45. The van der Waals surface area contributed by atoms with Gasteiger partial charge in [0.25, 0.3) is 0 Å². The quantitative estimate of drug-likeness (QED) is 0.506. The van der Waals surface area contributed by atoms with Crippen LogP contribution in [0.1, 0.15) is 35.7 Å². The van der Waals surface area contributed by atoms with E-state index in [1.807, 2.05) is 35.9 Å².